The monoisotopic (exact) mass is 815 g/mol. The van der Waals surface area contributed by atoms with Crippen LogP contribution in [0.15, 0.2) is 200 Å². The normalized spacial score (nSPS) is 14.3. The molecule has 0 saturated carbocycles. The van der Waals surface area contributed by atoms with Crippen LogP contribution in [-0.4, -0.2) is 23.0 Å². The maximum atomic E-state index is 5.12. The number of nitrogens with zero attached hydrogens (tertiary/aromatic N) is 5. The van der Waals surface area contributed by atoms with Crippen LogP contribution in [0.25, 0.3) is 45.3 Å². The predicted octanol–water partition coefficient (Wildman–Crippen LogP) is 13.3. The van der Waals surface area contributed by atoms with E-state index in [0.29, 0.717) is 17.5 Å². The SMILES string of the molecule is CC1(C)c2cc(-c3ccc4c(c3)[Si](C)(C)c3ccccc3N4c3ccccc3)ccc2N(c2ccccc2)c2ccc(-c3nc(-c4ccccc4)nc(-c4ccccc4)n3)cc21. The van der Waals surface area contributed by atoms with E-state index in [4.69, 9.17) is 15.0 Å². The van der Waals surface area contributed by atoms with Crippen LogP contribution in [0.5, 0.6) is 0 Å². The molecule has 11 rings (SSSR count). The molecule has 5 nitrogen and oxygen atoms in total. The zero-order valence-electron chi connectivity index (χ0n) is 35.3. The van der Waals surface area contributed by atoms with Gasteiger partial charge in [-0.2, -0.15) is 0 Å². The first-order valence-electron chi connectivity index (χ1n) is 21.4. The van der Waals surface area contributed by atoms with Crippen molar-refractivity contribution < 1.29 is 0 Å². The maximum Gasteiger partial charge on any atom is 0.164 e. The summed E-state index contributed by atoms with van der Waals surface area (Å²) in [5, 5.41) is 2.90. The lowest BCUT2D eigenvalue weighted by atomic mass is 9.72. The predicted molar refractivity (Wildman–Crippen MR) is 260 cm³/mol. The highest BCUT2D eigenvalue weighted by molar-refractivity contribution is 7.02. The Labute approximate surface area is 364 Å². The number of para-hydroxylation sites is 3. The van der Waals surface area contributed by atoms with Gasteiger partial charge in [0.15, 0.2) is 17.5 Å². The van der Waals surface area contributed by atoms with E-state index in [1.807, 2.05) is 36.4 Å². The largest absolute Gasteiger partial charge is 0.311 e. The first-order chi connectivity index (χ1) is 30.3. The Morgan fingerprint density at radius 3 is 1.29 bits per heavy atom. The number of hydrogen-bond acceptors (Lipinski definition) is 5. The van der Waals surface area contributed by atoms with E-state index >= 15 is 0 Å². The van der Waals surface area contributed by atoms with Gasteiger partial charge in [-0.3, -0.25) is 0 Å². The summed E-state index contributed by atoms with van der Waals surface area (Å²) in [4.78, 5) is 20.1. The molecule has 0 amide bonds. The molecule has 0 bridgehead atoms. The molecule has 2 aliphatic rings. The van der Waals surface area contributed by atoms with Crippen molar-refractivity contribution >= 4 is 52.6 Å². The minimum absolute atomic E-state index is 0.370. The summed E-state index contributed by atoms with van der Waals surface area (Å²) in [6.07, 6.45) is 0. The minimum Gasteiger partial charge on any atom is -0.311 e. The molecule has 0 radical (unpaired) electrons. The van der Waals surface area contributed by atoms with Gasteiger partial charge in [0, 0.05) is 44.9 Å². The molecule has 0 fully saturated rings. The van der Waals surface area contributed by atoms with Crippen molar-refractivity contribution in [3.8, 4) is 45.3 Å². The van der Waals surface area contributed by atoms with Crippen molar-refractivity contribution in [1.29, 1.82) is 0 Å². The molecule has 8 aromatic carbocycles. The first-order valence-corrected chi connectivity index (χ1v) is 24.4. The van der Waals surface area contributed by atoms with Crippen LogP contribution < -0.4 is 20.2 Å². The van der Waals surface area contributed by atoms with E-state index in [-0.39, 0.29) is 5.41 Å². The molecule has 62 heavy (non-hydrogen) atoms. The fourth-order valence-corrected chi connectivity index (χ4v) is 12.6. The van der Waals surface area contributed by atoms with Crippen molar-refractivity contribution in [2.45, 2.75) is 32.4 Å². The van der Waals surface area contributed by atoms with Crippen molar-refractivity contribution in [1.82, 2.24) is 15.0 Å². The van der Waals surface area contributed by atoms with Crippen LogP contribution in [0, 0.1) is 0 Å². The van der Waals surface area contributed by atoms with Crippen LogP contribution >= 0.6 is 0 Å². The third kappa shape index (κ3) is 6.17. The van der Waals surface area contributed by atoms with Gasteiger partial charge in [0.1, 0.15) is 8.07 Å². The van der Waals surface area contributed by atoms with Crippen molar-refractivity contribution in [2.75, 3.05) is 9.80 Å². The smallest absolute Gasteiger partial charge is 0.164 e. The highest BCUT2D eigenvalue weighted by atomic mass is 28.3. The fraction of sp³-hybridized carbons (Fsp3) is 0.0893. The van der Waals surface area contributed by atoms with Gasteiger partial charge in [-0.05, 0) is 99.4 Å². The first kappa shape index (κ1) is 37.6. The second-order valence-corrected chi connectivity index (χ2v) is 21.7. The number of rotatable bonds is 6. The molecular weight excluding hydrogens is 771 g/mol. The molecular formula is C56H45N5Si. The van der Waals surface area contributed by atoms with E-state index in [9.17, 15) is 0 Å². The lowest BCUT2D eigenvalue weighted by Crippen LogP contribution is -2.58. The highest BCUT2D eigenvalue weighted by Crippen LogP contribution is 2.53. The summed E-state index contributed by atoms with van der Waals surface area (Å²) in [5.41, 5.74) is 14.6. The maximum absolute atomic E-state index is 5.12. The van der Waals surface area contributed by atoms with E-state index in [1.54, 1.807) is 0 Å². The van der Waals surface area contributed by atoms with E-state index in [1.165, 1.54) is 55.4 Å². The number of hydrogen-bond donors (Lipinski definition) is 0. The van der Waals surface area contributed by atoms with Crippen LogP contribution in [0.2, 0.25) is 13.1 Å². The average molecular weight is 816 g/mol. The van der Waals surface area contributed by atoms with Crippen molar-refractivity contribution in [3.63, 3.8) is 0 Å². The van der Waals surface area contributed by atoms with Gasteiger partial charge < -0.3 is 9.80 Å². The van der Waals surface area contributed by atoms with Gasteiger partial charge in [0.2, 0.25) is 0 Å². The second-order valence-electron chi connectivity index (χ2n) is 17.3. The van der Waals surface area contributed by atoms with Gasteiger partial charge in [-0.25, -0.2) is 15.0 Å². The lowest BCUT2D eigenvalue weighted by molar-refractivity contribution is 0.632. The lowest BCUT2D eigenvalue weighted by Gasteiger charge is -2.42. The molecule has 0 unspecified atom stereocenters. The molecule has 0 aliphatic carbocycles. The van der Waals surface area contributed by atoms with Gasteiger partial charge in [-0.1, -0.05) is 160 Å². The van der Waals surface area contributed by atoms with Crippen molar-refractivity contribution in [3.05, 3.63) is 211 Å². The zero-order chi connectivity index (χ0) is 42.0. The molecule has 2 aliphatic heterocycles. The number of benzene rings is 8. The minimum atomic E-state index is -2.09. The van der Waals surface area contributed by atoms with E-state index < -0.39 is 8.07 Å². The Hall–Kier alpha value is -7.41. The summed E-state index contributed by atoms with van der Waals surface area (Å²) < 4.78 is 0. The van der Waals surface area contributed by atoms with Gasteiger partial charge in [0.25, 0.3) is 0 Å². The Bertz CT molecular complexity index is 3070. The molecule has 298 valence electrons. The van der Waals surface area contributed by atoms with Crippen LogP contribution in [-0.2, 0) is 5.41 Å². The quantitative estimate of drug-likeness (QED) is 0.156. The molecule has 1 aromatic heterocycles. The number of fused-ring (bicyclic) bond motifs is 4. The third-order valence-corrected chi connectivity index (χ3v) is 16.4. The summed E-state index contributed by atoms with van der Waals surface area (Å²) in [6, 6.07) is 71.8. The second kappa shape index (κ2) is 14.6. The van der Waals surface area contributed by atoms with Crippen LogP contribution in [0.3, 0.4) is 0 Å². The summed E-state index contributed by atoms with van der Waals surface area (Å²) in [6.45, 7) is 9.71. The van der Waals surface area contributed by atoms with Crippen LogP contribution in [0.4, 0.5) is 34.1 Å². The fourth-order valence-electron chi connectivity index (χ4n) is 9.59. The molecule has 0 atom stereocenters. The van der Waals surface area contributed by atoms with Crippen molar-refractivity contribution in [2.24, 2.45) is 0 Å². The van der Waals surface area contributed by atoms with Gasteiger partial charge in [-0.15, -0.1) is 0 Å². The molecule has 3 heterocycles. The Kier molecular flexibility index (Phi) is 8.88. The summed E-state index contributed by atoms with van der Waals surface area (Å²) >= 11 is 0. The molecule has 0 spiro atoms. The molecule has 6 heteroatoms. The van der Waals surface area contributed by atoms with E-state index in [2.05, 4.69) is 201 Å². The molecule has 9 aromatic rings. The average Bonchev–Trinajstić information content (AvgIpc) is 3.33. The number of aromatic nitrogens is 3. The van der Waals surface area contributed by atoms with E-state index in [0.717, 1.165) is 28.1 Å². The Morgan fingerprint density at radius 2 is 0.742 bits per heavy atom. The molecule has 0 saturated heterocycles. The summed E-state index contributed by atoms with van der Waals surface area (Å²) in [5.74, 6) is 1.95. The zero-order valence-corrected chi connectivity index (χ0v) is 36.3. The summed E-state index contributed by atoms with van der Waals surface area (Å²) in [7, 11) is -2.09. The Morgan fingerprint density at radius 1 is 0.355 bits per heavy atom. The Balaban J connectivity index is 1.06. The third-order valence-electron chi connectivity index (χ3n) is 12.9. The highest BCUT2D eigenvalue weighted by Gasteiger charge is 2.40. The topological polar surface area (TPSA) is 45.2 Å². The standard InChI is InChI=1S/C56H45N5Si/c1-56(2)45-35-40(41-30-34-50-52(37-41)62(3,4)51-28-18-17-27-49(51)61(50)44-25-15-8-16-26-44)29-32-47(45)60(43-23-13-7-14-24-43)48-33-31-42(36-46(48)56)55-58-53(38-19-9-5-10-20-38)57-54(59-55)39-21-11-6-12-22-39/h5-37H,1-4H3. The van der Waals surface area contributed by atoms with Gasteiger partial charge in [0.05, 0.1) is 11.4 Å². The molecule has 0 N–H and O–H groups in total. The van der Waals surface area contributed by atoms with Gasteiger partial charge >= 0.3 is 0 Å². The van der Waals surface area contributed by atoms with Crippen LogP contribution in [0.1, 0.15) is 25.0 Å². The number of anilines is 6.